The Balaban J connectivity index is 1.72. The number of hydrogen-bond donors (Lipinski definition) is 0. The molecule has 1 aromatic heterocycles. The molecule has 8 heteroatoms. The van der Waals surface area contributed by atoms with E-state index in [0.717, 1.165) is 5.56 Å². The fraction of sp³-hybridized carbons (Fsp3) is 0.211. The Kier molecular flexibility index (Phi) is 5.55. The smallest absolute Gasteiger partial charge is 0.338 e. The Hall–Kier alpha value is -3.55. The highest BCUT2D eigenvalue weighted by Gasteiger charge is 2.19. The molecule has 0 aliphatic carbocycles. The van der Waals surface area contributed by atoms with Crippen LogP contribution in [-0.4, -0.2) is 37.5 Å². The minimum absolute atomic E-state index is 0.157. The largest absolute Gasteiger partial charge is 0.493 e. The quantitative estimate of drug-likeness (QED) is 0.586. The van der Waals surface area contributed by atoms with Crippen molar-refractivity contribution in [2.75, 3.05) is 21.3 Å². The summed E-state index contributed by atoms with van der Waals surface area (Å²) in [6.45, 7) is -0.157. The Morgan fingerprint density at radius 2 is 1.63 bits per heavy atom. The first-order valence-corrected chi connectivity index (χ1v) is 8.01. The minimum atomic E-state index is -0.589. The van der Waals surface area contributed by atoms with Crippen LogP contribution in [0.3, 0.4) is 0 Å². The van der Waals surface area contributed by atoms with Gasteiger partial charge in [0.25, 0.3) is 5.89 Å². The van der Waals surface area contributed by atoms with Crippen molar-refractivity contribution in [2.24, 2.45) is 0 Å². The number of benzene rings is 2. The van der Waals surface area contributed by atoms with Crippen molar-refractivity contribution in [2.45, 2.75) is 6.61 Å². The number of hydrogen-bond acceptors (Lipinski definition) is 8. The van der Waals surface area contributed by atoms with Crippen LogP contribution in [0.25, 0.3) is 11.5 Å². The second kappa shape index (κ2) is 8.22. The van der Waals surface area contributed by atoms with Crippen molar-refractivity contribution in [3.63, 3.8) is 0 Å². The van der Waals surface area contributed by atoms with Gasteiger partial charge in [-0.3, -0.25) is 0 Å². The number of rotatable bonds is 7. The van der Waals surface area contributed by atoms with Gasteiger partial charge < -0.3 is 23.4 Å². The molecule has 0 aliphatic heterocycles. The van der Waals surface area contributed by atoms with Crippen molar-refractivity contribution in [3.05, 3.63) is 53.9 Å². The Labute approximate surface area is 155 Å². The zero-order valence-corrected chi connectivity index (χ0v) is 15.1. The van der Waals surface area contributed by atoms with Crippen LogP contribution in [0.1, 0.15) is 16.2 Å². The summed E-state index contributed by atoms with van der Waals surface area (Å²) < 4.78 is 26.5. The summed E-state index contributed by atoms with van der Waals surface area (Å²) in [7, 11) is 4.42. The fourth-order valence-electron chi connectivity index (χ4n) is 2.42. The van der Waals surface area contributed by atoms with Crippen molar-refractivity contribution >= 4 is 5.97 Å². The zero-order valence-electron chi connectivity index (χ0n) is 15.1. The molecule has 0 amide bonds. The van der Waals surface area contributed by atoms with Gasteiger partial charge in [-0.2, -0.15) is 0 Å². The molecule has 0 fully saturated rings. The number of aromatic nitrogens is 2. The maximum absolute atomic E-state index is 12.4. The highest BCUT2D eigenvalue weighted by molar-refractivity contribution is 5.91. The van der Waals surface area contributed by atoms with Crippen molar-refractivity contribution in [1.29, 1.82) is 0 Å². The van der Waals surface area contributed by atoms with E-state index < -0.39 is 5.97 Å². The lowest BCUT2D eigenvalue weighted by molar-refractivity contribution is 0.0438. The first-order chi connectivity index (χ1) is 13.2. The van der Waals surface area contributed by atoms with Crippen LogP contribution in [0.4, 0.5) is 0 Å². The third-order valence-corrected chi connectivity index (χ3v) is 3.71. The van der Waals surface area contributed by atoms with E-state index in [2.05, 4.69) is 10.2 Å². The molecule has 2 aromatic carbocycles. The number of nitrogens with zero attached hydrogens (tertiary/aromatic N) is 2. The maximum atomic E-state index is 12.4. The van der Waals surface area contributed by atoms with Crippen molar-refractivity contribution < 1.29 is 28.2 Å². The highest BCUT2D eigenvalue weighted by atomic mass is 16.5. The predicted octanol–water partition coefficient (Wildman–Crippen LogP) is 3.12. The molecule has 0 unspecified atom stereocenters. The van der Waals surface area contributed by atoms with Crippen LogP contribution in [0.15, 0.2) is 46.9 Å². The van der Waals surface area contributed by atoms with Gasteiger partial charge >= 0.3 is 5.97 Å². The molecule has 27 heavy (non-hydrogen) atoms. The number of carbonyl (C=O) groups excluding carboxylic acids is 1. The summed E-state index contributed by atoms with van der Waals surface area (Å²) >= 11 is 0. The first-order valence-electron chi connectivity index (χ1n) is 8.01. The monoisotopic (exact) mass is 370 g/mol. The molecule has 3 aromatic rings. The van der Waals surface area contributed by atoms with Crippen LogP contribution < -0.4 is 14.2 Å². The molecule has 0 radical (unpaired) electrons. The predicted molar refractivity (Wildman–Crippen MR) is 95.0 cm³/mol. The Morgan fingerprint density at radius 1 is 0.963 bits per heavy atom. The third-order valence-electron chi connectivity index (χ3n) is 3.71. The molecule has 3 rings (SSSR count). The van der Waals surface area contributed by atoms with Gasteiger partial charge in [0.2, 0.25) is 11.6 Å². The Morgan fingerprint density at radius 3 is 2.22 bits per heavy atom. The number of ether oxygens (including phenoxy) is 4. The average Bonchev–Trinajstić information content (AvgIpc) is 3.20. The lowest BCUT2D eigenvalue weighted by atomic mass is 10.2. The lowest BCUT2D eigenvalue weighted by Crippen LogP contribution is -2.07. The molecule has 0 saturated heterocycles. The van der Waals surface area contributed by atoms with Crippen LogP contribution in [-0.2, 0) is 11.3 Å². The van der Waals surface area contributed by atoms with E-state index in [9.17, 15) is 4.79 Å². The van der Waals surface area contributed by atoms with E-state index in [0.29, 0.717) is 23.1 Å². The van der Waals surface area contributed by atoms with E-state index in [1.54, 1.807) is 0 Å². The maximum Gasteiger partial charge on any atom is 0.338 e. The zero-order chi connectivity index (χ0) is 19.2. The SMILES string of the molecule is COc1cc(C(=O)OCc2nnc(-c3ccccc3)o2)cc(OC)c1OC. The van der Waals surface area contributed by atoms with Gasteiger partial charge in [-0.1, -0.05) is 18.2 Å². The third kappa shape index (κ3) is 4.00. The van der Waals surface area contributed by atoms with Gasteiger partial charge in [0, 0.05) is 5.56 Å². The summed E-state index contributed by atoms with van der Waals surface area (Å²) in [6, 6.07) is 12.3. The molecule has 140 valence electrons. The molecule has 8 nitrogen and oxygen atoms in total. The van der Waals surface area contributed by atoms with Gasteiger partial charge in [-0.25, -0.2) is 4.79 Å². The standard InChI is InChI=1S/C19H18N2O6/c1-23-14-9-13(10-15(24-2)17(14)25-3)19(22)26-11-16-20-21-18(27-16)12-7-5-4-6-8-12/h4-10H,11H2,1-3H3. The van der Waals surface area contributed by atoms with Gasteiger partial charge in [0.15, 0.2) is 18.1 Å². The topological polar surface area (TPSA) is 92.9 Å². The van der Waals surface area contributed by atoms with E-state index in [-0.39, 0.29) is 18.1 Å². The van der Waals surface area contributed by atoms with Gasteiger partial charge in [0.1, 0.15) is 0 Å². The molecule has 0 bridgehead atoms. The fourth-order valence-corrected chi connectivity index (χ4v) is 2.42. The number of methoxy groups -OCH3 is 3. The molecule has 1 heterocycles. The van der Waals surface area contributed by atoms with Crippen LogP contribution in [0.2, 0.25) is 0 Å². The average molecular weight is 370 g/mol. The Bertz CT molecular complexity index is 898. The summed E-state index contributed by atoms with van der Waals surface area (Å²) in [6.07, 6.45) is 0. The number of esters is 1. The summed E-state index contributed by atoms with van der Waals surface area (Å²) in [5.41, 5.74) is 1.03. The summed E-state index contributed by atoms with van der Waals surface area (Å²) in [5.74, 6) is 1.06. The molecule has 0 aliphatic rings. The van der Waals surface area contributed by atoms with E-state index in [1.807, 2.05) is 30.3 Å². The van der Waals surface area contributed by atoms with Crippen LogP contribution >= 0.6 is 0 Å². The van der Waals surface area contributed by atoms with Gasteiger partial charge in [0.05, 0.1) is 26.9 Å². The lowest BCUT2D eigenvalue weighted by Gasteiger charge is -2.13. The summed E-state index contributed by atoms with van der Waals surface area (Å²) in [4.78, 5) is 12.4. The molecule has 0 spiro atoms. The molecule has 0 atom stereocenters. The van der Waals surface area contributed by atoms with Gasteiger partial charge in [-0.05, 0) is 24.3 Å². The first kappa shape index (κ1) is 18.2. The second-order valence-electron chi connectivity index (χ2n) is 5.36. The highest BCUT2D eigenvalue weighted by Crippen LogP contribution is 2.38. The van der Waals surface area contributed by atoms with E-state index in [4.69, 9.17) is 23.4 Å². The normalized spacial score (nSPS) is 10.3. The van der Waals surface area contributed by atoms with Crippen molar-refractivity contribution in [3.8, 4) is 28.7 Å². The van der Waals surface area contributed by atoms with E-state index >= 15 is 0 Å². The van der Waals surface area contributed by atoms with Crippen molar-refractivity contribution in [1.82, 2.24) is 10.2 Å². The van der Waals surface area contributed by atoms with E-state index in [1.165, 1.54) is 33.5 Å². The van der Waals surface area contributed by atoms with Crippen LogP contribution in [0, 0.1) is 0 Å². The number of carbonyl (C=O) groups is 1. The van der Waals surface area contributed by atoms with Crippen LogP contribution in [0.5, 0.6) is 17.2 Å². The second-order valence-corrected chi connectivity index (χ2v) is 5.36. The summed E-state index contributed by atoms with van der Waals surface area (Å²) in [5, 5.41) is 7.84. The molecule has 0 saturated carbocycles. The molecular formula is C19H18N2O6. The molecule has 0 N–H and O–H groups in total. The molecular weight excluding hydrogens is 352 g/mol. The van der Waals surface area contributed by atoms with Gasteiger partial charge in [-0.15, -0.1) is 10.2 Å². The minimum Gasteiger partial charge on any atom is -0.493 e.